The number of aromatic nitrogens is 4. The Morgan fingerprint density at radius 2 is 2.20 bits per heavy atom. The van der Waals surface area contributed by atoms with Crippen molar-refractivity contribution in [2.45, 2.75) is 51.6 Å². The minimum atomic E-state index is 0.575. The molecule has 0 atom stereocenters. The maximum atomic E-state index is 8.65. The molecule has 3 aromatic heterocycles. The fourth-order valence-electron chi connectivity index (χ4n) is 4.11. The van der Waals surface area contributed by atoms with E-state index in [1.807, 2.05) is 12.4 Å². The number of nitriles is 1. The molecule has 1 aliphatic carbocycles. The maximum Gasteiger partial charge on any atom is 0.139 e. The van der Waals surface area contributed by atoms with E-state index in [9.17, 15) is 0 Å². The van der Waals surface area contributed by atoms with Crippen LogP contribution in [0.3, 0.4) is 0 Å². The summed E-state index contributed by atoms with van der Waals surface area (Å²) in [5, 5.41) is 13.3. The number of nitrogens with one attached hydrogen (secondary N) is 2. The Labute approximate surface area is 147 Å². The molecule has 0 amide bonds. The number of H-pyrrole nitrogens is 1. The summed E-state index contributed by atoms with van der Waals surface area (Å²) in [4.78, 5) is 12.4. The quantitative estimate of drug-likeness (QED) is 0.701. The zero-order valence-electron chi connectivity index (χ0n) is 14.6. The number of imidazole rings is 1. The molecule has 1 saturated carbocycles. The summed E-state index contributed by atoms with van der Waals surface area (Å²) in [6.07, 6.45) is 9.26. The molecule has 1 fully saturated rings. The Hall–Kier alpha value is -2.39. The van der Waals surface area contributed by atoms with Crippen molar-refractivity contribution in [2.24, 2.45) is 5.92 Å². The lowest BCUT2D eigenvalue weighted by Gasteiger charge is -2.29. The summed E-state index contributed by atoms with van der Waals surface area (Å²) in [5.74, 6) is 1.76. The maximum absolute atomic E-state index is 8.65. The lowest BCUT2D eigenvalue weighted by Crippen LogP contribution is -2.34. The van der Waals surface area contributed by atoms with Gasteiger partial charge in [-0.2, -0.15) is 5.26 Å². The van der Waals surface area contributed by atoms with Gasteiger partial charge in [-0.05, 0) is 44.6 Å². The summed E-state index contributed by atoms with van der Waals surface area (Å²) in [7, 11) is 0. The van der Waals surface area contributed by atoms with E-state index in [4.69, 9.17) is 10.2 Å². The van der Waals surface area contributed by atoms with E-state index in [0.717, 1.165) is 35.5 Å². The van der Waals surface area contributed by atoms with Crippen LogP contribution in [-0.4, -0.2) is 32.1 Å². The average Bonchev–Trinajstić information content (AvgIpc) is 3.21. The van der Waals surface area contributed by atoms with Crippen LogP contribution in [0.4, 0.5) is 0 Å². The molecule has 0 aromatic carbocycles. The first-order chi connectivity index (χ1) is 12.3. The lowest BCUT2D eigenvalue weighted by atomic mass is 9.86. The minimum Gasteiger partial charge on any atom is -0.346 e. The molecule has 0 bridgehead atoms. The van der Waals surface area contributed by atoms with Gasteiger partial charge in [-0.3, -0.25) is 0 Å². The van der Waals surface area contributed by atoms with Crippen molar-refractivity contribution in [2.75, 3.05) is 6.54 Å². The topological polar surface area (TPSA) is 82.3 Å². The van der Waals surface area contributed by atoms with Crippen LogP contribution in [0.2, 0.25) is 0 Å². The lowest BCUT2D eigenvalue weighted by molar-refractivity contribution is 0.270. The number of aryl methyl sites for hydroxylation is 1. The van der Waals surface area contributed by atoms with Gasteiger partial charge in [0, 0.05) is 37.1 Å². The Morgan fingerprint density at radius 3 is 3.00 bits per heavy atom. The van der Waals surface area contributed by atoms with E-state index in [0.29, 0.717) is 18.4 Å². The largest absolute Gasteiger partial charge is 0.346 e. The molecular formula is C19H24N6. The molecule has 130 valence electrons. The molecule has 25 heavy (non-hydrogen) atoms. The predicted octanol–water partition coefficient (Wildman–Crippen LogP) is 3.28. The van der Waals surface area contributed by atoms with Crippen LogP contribution >= 0.6 is 0 Å². The van der Waals surface area contributed by atoms with E-state index >= 15 is 0 Å². The van der Waals surface area contributed by atoms with Gasteiger partial charge in [0.2, 0.25) is 0 Å². The van der Waals surface area contributed by atoms with E-state index in [2.05, 4.69) is 38.9 Å². The first-order valence-corrected chi connectivity index (χ1v) is 9.15. The predicted molar refractivity (Wildman–Crippen MR) is 98.1 cm³/mol. The van der Waals surface area contributed by atoms with Gasteiger partial charge >= 0.3 is 0 Å². The fraction of sp³-hybridized carbons (Fsp3) is 0.526. The first-order valence-electron chi connectivity index (χ1n) is 9.15. The molecule has 6 heteroatoms. The number of aromatic amines is 1. The molecule has 1 aliphatic rings. The zero-order chi connectivity index (χ0) is 17.2. The highest BCUT2D eigenvalue weighted by molar-refractivity contribution is 6.01. The van der Waals surface area contributed by atoms with Crippen molar-refractivity contribution in [3.63, 3.8) is 0 Å². The van der Waals surface area contributed by atoms with Crippen molar-refractivity contribution in [3.05, 3.63) is 24.3 Å². The standard InChI is InChI=1S/C19H24N6/c1-13-24-17-11-23-19-16(7-10-22-19)18(17)25(13)12-14-3-5-15(6-4-14)21-9-2-8-20/h7,10-11,14-15,21H,2-6,9,12H2,1H3,(H,22,23)/t14-,15-. The SMILES string of the molecule is Cc1nc2cnc3[nH]ccc3c2n1C[C@H]1CC[C@H](NCCC#N)CC1. The van der Waals surface area contributed by atoms with Crippen LogP contribution in [-0.2, 0) is 6.54 Å². The number of pyridine rings is 1. The second-order valence-corrected chi connectivity index (χ2v) is 7.08. The van der Waals surface area contributed by atoms with Crippen molar-refractivity contribution in [1.82, 2.24) is 24.8 Å². The molecular weight excluding hydrogens is 312 g/mol. The molecule has 3 heterocycles. The first kappa shape index (κ1) is 16.1. The van der Waals surface area contributed by atoms with Crippen LogP contribution < -0.4 is 5.32 Å². The zero-order valence-corrected chi connectivity index (χ0v) is 14.6. The normalized spacial score (nSPS) is 21.0. The van der Waals surface area contributed by atoms with Crippen molar-refractivity contribution in [1.29, 1.82) is 5.26 Å². The second kappa shape index (κ2) is 6.85. The molecule has 0 radical (unpaired) electrons. The Kier molecular flexibility index (Phi) is 4.41. The van der Waals surface area contributed by atoms with Gasteiger partial charge in [-0.25, -0.2) is 9.97 Å². The molecule has 0 unspecified atom stereocenters. The van der Waals surface area contributed by atoms with E-state index in [1.165, 1.54) is 31.2 Å². The number of hydrogen-bond acceptors (Lipinski definition) is 4. The smallest absolute Gasteiger partial charge is 0.139 e. The van der Waals surface area contributed by atoms with E-state index in [1.54, 1.807) is 0 Å². The monoisotopic (exact) mass is 336 g/mol. The second-order valence-electron chi connectivity index (χ2n) is 7.08. The third kappa shape index (κ3) is 3.12. The van der Waals surface area contributed by atoms with Crippen molar-refractivity contribution in [3.8, 4) is 6.07 Å². The van der Waals surface area contributed by atoms with Crippen molar-refractivity contribution < 1.29 is 0 Å². The van der Waals surface area contributed by atoms with Gasteiger partial charge in [0.1, 0.15) is 17.0 Å². The minimum absolute atomic E-state index is 0.575. The summed E-state index contributed by atoms with van der Waals surface area (Å²) in [6, 6.07) is 4.87. The fourth-order valence-corrected chi connectivity index (χ4v) is 4.11. The molecule has 0 spiro atoms. The third-order valence-electron chi connectivity index (χ3n) is 5.44. The number of hydrogen-bond donors (Lipinski definition) is 2. The molecule has 3 aromatic rings. The highest BCUT2D eigenvalue weighted by atomic mass is 15.1. The Balaban J connectivity index is 1.49. The van der Waals surface area contributed by atoms with Crippen LogP contribution in [0.1, 0.15) is 37.9 Å². The van der Waals surface area contributed by atoms with E-state index < -0.39 is 0 Å². The van der Waals surface area contributed by atoms with Gasteiger partial charge in [-0.15, -0.1) is 0 Å². The van der Waals surface area contributed by atoms with Gasteiger partial charge in [0.15, 0.2) is 0 Å². The Morgan fingerprint density at radius 1 is 1.36 bits per heavy atom. The van der Waals surface area contributed by atoms with Crippen LogP contribution in [0.5, 0.6) is 0 Å². The summed E-state index contributed by atoms with van der Waals surface area (Å²) in [5.41, 5.74) is 3.12. The van der Waals surface area contributed by atoms with Crippen LogP contribution in [0.15, 0.2) is 18.5 Å². The third-order valence-corrected chi connectivity index (χ3v) is 5.44. The van der Waals surface area contributed by atoms with E-state index in [-0.39, 0.29) is 0 Å². The molecule has 0 aliphatic heterocycles. The molecule has 4 rings (SSSR count). The van der Waals surface area contributed by atoms with Crippen LogP contribution in [0.25, 0.3) is 22.1 Å². The summed E-state index contributed by atoms with van der Waals surface area (Å²) in [6.45, 7) is 3.93. The van der Waals surface area contributed by atoms with Crippen molar-refractivity contribution >= 4 is 22.1 Å². The van der Waals surface area contributed by atoms with Crippen LogP contribution in [0, 0.1) is 24.2 Å². The number of rotatable bonds is 5. The number of nitrogens with zero attached hydrogens (tertiary/aromatic N) is 4. The molecule has 0 saturated heterocycles. The molecule has 2 N–H and O–H groups in total. The van der Waals surface area contributed by atoms with Gasteiger partial charge < -0.3 is 14.9 Å². The number of fused-ring (bicyclic) bond motifs is 3. The van der Waals surface area contributed by atoms with Gasteiger partial charge in [-0.1, -0.05) is 0 Å². The van der Waals surface area contributed by atoms with Gasteiger partial charge in [0.05, 0.1) is 17.8 Å². The Bertz CT molecular complexity index is 907. The summed E-state index contributed by atoms with van der Waals surface area (Å²) >= 11 is 0. The van der Waals surface area contributed by atoms with Gasteiger partial charge in [0.25, 0.3) is 0 Å². The highest BCUT2D eigenvalue weighted by Gasteiger charge is 2.23. The summed E-state index contributed by atoms with van der Waals surface area (Å²) < 4.78 is 2.38. The highest BCUT2D eigenvalue weighted by Crippen LogP contribution is 2.30. The average molecular weight is 336 g/mol. The molecule has 6 nitrogen and oxygen atoms in total.